The summed E-state index contributed by atoms with van der Waals surface area (Å²) in [6.45, 7) is 5.91. The lowest BCUT2D eigenvalue weighted by molar-refractivity contribution is -0.0168. The molecule has 2 N–H and O–H groups in total. The molecule has 1 saturated heterocycles. The van der Waals surface area contributed by atoms with Gasteiger partial charge < -0.3 is 28.5 Å². The van der Waals surface area contributed by atoms with Gasteiger partial charge in [-0.1, -0.05) is 0 Å². The molecule has 1 aliphatic heterocycles. The molecule has 2 aromatic rings. The number of hydrogen-bond acceptors (Lipinski definition) is 8. The number of β-amino-alcohol motifs (C(OH)–C–C–N with tert-alkyl or cyclic N) is 2. The van der Waals surface area contributed by atoms with Crippen molar-refractivity contribution >= 4 is 0 Å². The van der Waals surface area contributed by atoms with Gasteiger partial charge in [0.15, 0.2) is 0 Å². The molecule has 0 amide bonds. The van der Waals surface area contributed by atoms with Gasteiger partial charge in [0.25, 0.3) is 0 Å². The molecule has 1 fully saturated rings. The zero-order chi connectivity index (χ0) is 19.6. The van der Waals surface area contributed by atoms with Crippen LogP contribution in [-0.4, -0.2) is 84.7 Å². The first-order valence-electron chi connectivity index (χ1n) is 9.70. The van der Waals surface area contributed by atoms with Gasteiger partial charge in [0.05, 0.1) is 37.9 Å². The van der Waals surface area contributed by atoms with Gasteiger partial charge in [-0.15, -0.1) is 0 Å². The smallest absolute Gasteiger partial charge is 0.129 e. The second-order valence-electron chi connectivity index (χ2n) is 7.10. The number of rotatable bonds is 12. The monoisotopic (exact) mass is 394 g/mol. The number of ether oxygens (including phenoxy) is 2. The molecule has 8 heteroatoms. The van der Waals surface area contributed by atoms with Crippen LogP contribution in [0.3, 0.4) is 0 Å². The molecule has 3 heterocycles. The Kier molecular flexibility index (Phi) is 8.53. The number of aliphatic hydroxyl groups is 2. The second-order valence-corrected chi connectivity index (χ2v) is 7.10. The fourth-order valence-corrected chi connectivity index (χ4v) is 3.24. The van der Waals surface area contributed by atoms with E-state index in [1.54, 1.807) is 12.5 Å². The van der Waals surface area contributed by atoms with Gasteiger partial charge in [-0.2, -0.15) is 0 Å². The van der Waals surface area contributed by atoms with E-state index in [1.165, 1.54) is 0 Å². The Hall–Kier alpha value is -1.68. The Morgan fingerprint density at radius 2 is 1.21 bits per heavy atom. The summed E-state index contributed by atoms with van der Waals surface area (Å²) in [5.74, 6) is 1.51. The summed E-state index contributed by atoms with van der Waals surface area (Å²) in [7, 11) is 0. The van der Waals surface area contributed by atoms with E-state index < -0.39 is 12.2 Å². The molecule has 8 nitrogen and oxygen atoms in total. The van der Waals surface area contributed by atoms with Gasteiger partial charge in [-0.25, -0.2) is 0 Å². The van der Waals surface area contributed by atoms with Gasteiger partial charge in [0, 0.05) is 39.3 Å². The maximum absolute atomic E-state index is 10.1. The van der Waals surface area contributed by atoms with Crippen molar-refractivity contribution in [3.05, 3.63) is 48.3 Å². The van der Waals surface area contributed by atoms with Crippen molar-refractivity contribution in [2.24, 2.45) is 0 Å². The largest absolute Gasteiger partial charge is 0.467 e. The highest BCUT2D eigenvalue weighted by Crippen LogP contribution is 2.07. The molecule has 1 aliphatic rings. The van der Waals surface area contributed by atoms with E-state index in [2.05, 4.69) is 9.80 Å². The highest BCUT2D eigenvalue weighted by Gasteiger charge is 2.21. The molecule has 156 valence electrons. The van der Waals surface area contributed by atoms with Crippen molar-refractivity contribution in [1.29, 1.82) is 0 Å². The normalized spacial score (nSPS) is 18.4. The quantitative estimate of drug-likeness (QED) is 0.550. The lowest BCUT2D eigenvalue weighted by Crippen LogP contribution is -2.51. The molecular weight excluding hydrogens is 364 g/mol. The maximum atomic E-state index is 10.1. The Morgan fingerprint density at radius 1 is 0.786 bits per heavy atom. The Balaban J connectivity index is 1.23. The fourth-order valence-electron chi connectivity index (χ4n) is 3.24. The summed E-state index contributed by atoms with van der Waals surface area (Å²) in [6, 6.07) is 7.33. The molecule has 2 aromatic heterocycles. The first kappa shape index (κ1) is 21.0. The van der Waals surface area contributed by atoms with E-state index in [-0.39, 0.29) is 13.2 Å². The summed E-state index contributed by atoms with van der Waals surface area (Å²) in [5.41, 5.74) is 0. The minimum Gasteiger partial charge on any atom is -0.467 e. The van der Waals surface area contributed by atoms with Crippen molar-refractivity contribution in [3.8, 4) is 0 Å². The van der Waals surface area contributed by atoms with Crippen LogP contribution in [-0.2, 0) is 22.7 Å². The molecule has 0 aliphatic carbocycles. The third kappa shape index (κ3) is 7.38. The van der Waals surface area contributed by atoms with Crippen LogP contribution in [0.4, 0.5) is 0 Å². The summed E-state index contributed by atoms with van der Waals surface area (Å²) >= 11 is 0. The first-order valence-corrected chi connectivity index (χ1v) is 9.70. The minimum atomic E-state index is -0.526. The predicted octanol–water partition coefficient (Wildman–Crippen LogP) is 0.945. The first-order chi connectivity index (χ1) is 13.7. The fraction of sp³-hybridized carbons (Fsp3) is 0.600. The molecular formula is C20H30N2O6. The van der Waals surface area contributed by atoms with Crippen molar-refractivity contribution in [3.63, 3.8) is 0 Å². The van der Waals surface area contributed by atoms with Crippen LogP contribution >= 0.6 is 0 Å². The SMILES string of the molecule is OC(COCc1ccco1)CN1CCN(CC(O)COCc2ccco2)CC1. The van der Waals surface area contributed by atoms with E-state index in [9.17, 15) is 10.2 Å². The maximum Gasteiger partial charge on any atom is 0.129 e. The Morgan fingerprint density at radius 3 is 1.57 bits per heavy atom. The zero-order valence-corrected chi connectivity index (χ0v) is 16.1. The zero-order valence-electron chi connectivity index (χ0n) is 16.1. The van der Waals surface area contributed by atoms with Crippen LogP contribution < -0.4 is 0 Å². The van der Waals surface area contributed by atoms with Crippen LogP contribution in [0.15, 0.2) is 45.6 Å². The standard InChI is InChI=1S/C20H30N2O6/c23-17(13-25-15-19-3-1-9-27-19)11-21-5-7-22(8-6-21)12-18(24)14-26-16-20-4-2-10-28-20/h1-4,9-10,17-18,23-24H,5-8,11-16H2. The van der Waals surface area contributed by atoms with E-state index in [0.717, 1.165) is 37.7 Å². The number of nitrogens with zero attached hydrogens (tertiary/aromatic N) is 2. The predicted molar refractivity (Wildman–Crippen MR) is 102 cm³/mol. The molecule has 0 spiro atoms. The molecule has 2 unspecified atom stereocenters. The molecule has 0 aromatic carbocycles. The molecule has 2 atom stereocenters. The molecule has 0 radical (unpaired) electrons. The summed E-state index contributed by atoms with van der Waals surface area (Å²) in [6.07, 6.45) is 2.16. The second kappa shape index (κ2) is 11.4. The number of furan rings is 2. The van der Waals surface area contributed by atoms with Crippen molar-refractivity contribution in [2.45, 2.75) is 25.4 Å². The third-order valence-electron chi connectivity index (χ3n) is 4.67. The van der Waals surface area contributed by atoms with E-state index in [4.69, 9.17) is 18.3 Å². The molecule has 0 bridgehead atoms. The average Bonchev–Trinajstić information content (AvgIpc) is 3.37. The minimum absolute atomic E-state index is 0.284. The third-order valence-corrected chi connectivity index (χ3v) is 4.67. The van der Waals surface area contributed by atoms with Crippen LogP contribution in [0.25, 0.3) is 0 Å². The Labute approximate surface area is 165 Å². The van der Waals surface area contributed by atoms with Gasteiger partial charge in [0.2, 0.25) is 0 Å². The van der Waals surface area contributed by atoms with E-state index >= 15 is 0 Å². The lowest BCUT2D eigenvalue weighted by atomic mass is 10.2. The number of hydrogen-bond donors (Lipinski definition) is 2. The topological polar surface area (TPSA) is 91.7 Å². The molecule has 3 rings (SSSR count). The van der Waals surface area contributed by atoms with Gasteiger partial charge in [-0.05, 0) is 24.3 Å². The number of aliphatic hydroxyl groups excluding tert-OH is 2. The molecule has 0 saturated carbocycles. The van der Waals surface area contributed by atoms with Crippen molar-refractivity contribution in [2.75, 3.05) is 52.5 Å². The van der Waals surface area contributed by atoms with E-state index in [0.29, 0.717) is 26.3 Å². The molecule has 28 heavy (non-hydrogen) atoms. The summed E-state index contributed by atoms with van der Waals surface area (Å²) in [4.78, 5) is 4.44. The van der Waals surface area contributed by atoms with Crippen LogP contribution in [0.2, 0.25) is 0 Å². The highest BCUT2D eigenvalue weighted by molar-refractivity contribution is 4.96. The van der Waals surface area contributed by atoms with Gasteiger partial charge in [0.1, 0.15) is 24.7 Å². The number of piperazine rings is 1. The highest BCUT2D eigenvalue weighted by atomic mass is 16.5. The van der Waals surface area contributed by atoms with Crippen LogP contribution in [0, 0.1) is 0 Å². The van der Waals surface area contributed by atoms with Crippen molar-refractivity contribution in [1.82, 2.24) is 9.80 Å². The van der Waals surface area contributed by atoms with Gasteiger partial charge >= 0.3 is 0 Å². The van der Waals surface area contributed by atoms with Crippen LogP contribution in [0.1, 0.15) is 11.5 Å². The summed E-state index contributed by atoms with van der Waals surface area (Å²) in [5, 5.41) is 20.3. The lowest BCUT2D eigenvalue weighted by Gasteiger charge is -2.36. The van der Waals surface area contributed by atoms with Gasteiger partial charge in [-0.3, -0.25) is 9.80 Å². The average molecular weight is 394 g/mol. The Bertz CT molecular complexity index is 569. The van der Waals surface area contributed by atoms with Crippen molar-refractivity contribution < 1.29 is 28.5 Å². The van der Waals surface area contributed by atoms with Crippen LogP contribution in [0.5, 0.6) is 0 Å². The van der Waals surface area contributed by atoms with E-state index in [1.807, 2.05) is 24.3 Å². The summed E-state index contributed by atoms with van der Waals surface area (Å²) < 4.78 is 21.4.